The van der Waals surface area contributed by atoms with Gasteiger partial charge in [-0.15, -0.1) is 0 Å². The number of furan rings is 1. The van der Waals surface area contributed by atoms with Crippen LogP contribution in [-0.2, 0) is 0 Å². The van der Waals surface area contributed by atoms with Crippen molar-refractivity contribution >= 4 is 65.3 Å². The monoisotopic (exact) mass is 738 g/mol. The second-order valence-electron chi connectivity index (χ2n) is 15.1. The summed E-state index contributed by atoms with van der Waals surface area (Å²) in [5, 5.41) is 9.23. The molecule has 5 nitrogen and oxygen atoms in total. The molecule has 0 bridgehead atoms. The van der Waals surface area contributed by atoms with Crippen LogP contribution in [0.15, 0.2) is 186 Å². The average molecular weight is 739 g/mol. The number of hydrogen-bond acceptors (Lipinski definition) is 4. The van der Waals surface area contributed by atoms with E-state index in [1.807, 2.05) is 30.3 Å². The first kappa shape index (κ1) is 31.3. The SMILES string of the molecule is c1ccc(-c2nc(-c3ccc4ccccc4c3)nc(-c3c(-n4c5cccc6c5c5c7c(cccc7ccc54)-c4ccccc4-6)ccc4oc5ccccc5c34)n2)cc1. The second kappa shape index (κ2) is 11.8. The summed E-state index contributed by atoms with van der Waals surface area (Å²) in [5.41, 5.74) is 12.5. The molecule has 0 saturated carbocycles. The summed E-state index contributed by atoms with van der Waals surface area (Å²) in [6.45, 7) is 0. The van der Waals surface area contributed by atoms with E-state index in [-0.39, 0.29) is 0 Å². The fourth-order valence-electron chi connectivity index (χ4n) is 9.47. The summed E-state index contributed by atoms with van der Waals surface area (Å²) in [6.07, 6.45) is 0. The molecule has 0 radical (unpaired) electrons. The summed E-state index contributed by atoms with van der Waals surface area (Å²) in [5.74, 6) is 1.79. The molecule has 9 aromatic carbocycles. The summed E-state index contributed by atoms with van der Waals surface area (Å²) >= 11 is 0. The van der Waals surface area contributed by atoms with Crippen molar-refractivity contribution in [3.63, 3.8) is 0 Å². The normalized spacial score (nSPS) is 12.1. The van der Waals surface area contributed by atoms with Crippen molar-refractivity contribution in [1.29, 1.82) is 0 Å². The molecule has 13 rings (SSSR count). The van der Waals surface area contributed by atoms with Crippen molar-refractivity contribution in [1.82, 2.24) is 19.5 Å². The van der Waals surface area contributed by atoms with Gasteiger partial charge < -0.3 is 8.98 Å². The Balaban J connectivity index is 1.19. The Labute approximate surface area is 332 Å². The van der Waals surface area contributed by atoms with Gasteiger partial charge in [0.1, 0.15) is 11.2 Å². The van der Waals surface area contributed by atoms with Gasteiger partial charge in [0.15, 0.2) is 17.5 Å². The summed E-state index contributed by atoms with van der Waals surface area (Å²) in [4.78, 5) is 16.0. The predicted molar refractivity (Wildman–Crippen MR) is 237 cm³/mol. The molecule has 0 fully saturated rings. The van der Waals surface area contributed by atoms with Gasteiger partial charge in [-0.05, 0) is 80.2 Å². The highest BCUT2D eigenvalue weighted by Gasteiger charge is 2.28. The molecule has 0 N–H and O–H groups in total. The maximum absolute atomic E-state index is 6.60. The molecule has 3 aromatic heterocycles. The molecule has 0 spiro atoms. The van der Waals surface area contributed by atoms with E-state index in [1.54, 1.807) is 0 Å². The van der Waals surface area contributed by atoms with Gasteiger partial charge in [-0.25, -0.2) is 15.0 Å². The highest BCUT2D eigenvalue weighted by Crippen LogP contribution is 2.51. The van der Waals surface area contributed by atoms with E-state index in [2.05, 4.69) is 156 Å². The number of aromatic nitrogens is 4. The van der Waals surface area contributed by atoms with Crippen molar-refractivity contribution in [3.05, 3.63) is 182 Å². The lowest BCUT2D eigenvalue weighted by atomic mass is 9.93. The molecule has 0 aliphatic heterocycles. The van der Waals surface area contributed by atoms with Gasteiger partial charge in [0.05, 0.1) is 22.3 Å². The highest BCUT2D eigenvalue weighted by molar-refractivity contribution is 6.30. The van der Waals surface area contributed by atoms with Gasteiger partial charge in [0.25, 0.3) is 0 Å². The van der Waals surface area contributed by atoms with E-state index >= 15 is 0 Å². The lowest BCUT2D eigenvalue weighted by Crippen LogP contribution is -2.04. The van der Waals surface area contributed by atoms with E-state index in [0.29, 0.717) is 17.5 Å². The molecule has 1 aliphatic rings. The van der Waals surface area contributed by atoms with Crippen molar-refractivity contribution in [2.24, 2.45) is 0 Å². The number of fused-ring (bicyclic) bond motifs is 7. The van der Waals surface area contributed by atoms with Crippen LogP contribution in [0.5, 0.6) is 0 Å². The fraction of sp³-hybridized carbons (Fsp3) is 0. The third kappa shape index (κ3) is 4.38. The van der Waals surface area contributed by atoms with E-state index in [0.717, 1.165) is 66.1 Å². The number of nitrogens with zero attached hydrogens (tertiary/aromatic N) is 4. The van der Waals surface area contributed by atoms with Crippen molar-refractivity contribution < 1.29 is 4.42 Å². The van der Waals surface area contributed by atoms with Crippen molar-refractivity contribution in [2.45, 2.75) is 0 Å². The Kier molecular flexibility index (Phi) is 6.38. The van der Waals surface area contributed by atoms with Crippen LogP contribution in [0, 0.1) is 0 Å². The maximum atomic E-state index is 6.60. The predicted octanol–water partition coefficient (Wildman–Crippen LogP) is 13.8. The van der Waals surface area contributed by atoms with E-state index in [1.165, 1.54) is 43.8 Å². The lowest BCUT2D eigenvalue weighted by Gasteiger charge is -2.17. The quantitative estimate of drug-likeness (QED) is 0.180. The third-order valence-corrected chi connectivity index (χ3v) is 12.0. The molecule has 5 heteroatoms. The van der Waals surface area contributed by atoms with Crippen LogP contribution in [0.2, 0.25) is 0 Å². The van der Waals surface area contributed by atoms with Crippen LogP contribution < -0.4 is 0 Å². The minimum Gasteiger partial charge on any atom is -0.456 e. The second-order valence-corrected chi connectivity index (χ2v) is 15.1. The van der Waals surface area contributed by atoms with Gasteiger partial charge in [-0.1, -0.05) is 146 Å². The van der Waals surface area contributed by atoms with Gasteiger partial charge in [-0.3, -0.25) is 0 Å². The van der Waals surface area contributed by atoms with Gasteiger partial charge in [-0.2, -0.15) is 0 Å². The molecule has 0 unspecified atom stereocenters. The number of para-hydroxylation sites is 1. The number of hydrogen-bond donors (Lipinski definition) is 0. The van der Waals surface area contributed by atoms with E-state index < -0.39 is 0 Å². The largest absolute Gasteiger partial charge is 0.456 e. The van der Waals surface area contributed by atoms with E-state index in [4.69, 9.17) is 19.4 Å². The van der Waals surface area contributed by atoms with Crippen molar-refractivity contribution in [3.8, 4) is 62.1 Å². The molecule has 0 atom stereocenters. The summed E-state index contributed by atoms with van der Waals surface area (Å²) < 4.78 is 9.03. The molecular formula is C53H30N4O. The molecule has 0 saturated heterocycles. The summed E-state index contributed by atoms with van der Waals surface area (Å²) in [6, 6.07) is 64.3. The maximum Gasteiger partial charge on any atom is 0.166 e. The Bertz CT molecular complexity index is 3690. The Morgan fingerprint density at radius 3 is 1.86 bits per heavy atom. The third-order valence-electron chi connectivity index (χ3n) is 12.0. The fourth-order valence-corrected chi connectivity index (χ4v) is 9.47. The first-order valence-electron chi connectivity index (χ1n) is 19.6. The first-order valence-corrected chi connectivity index (χ1v) is 19.6. The van der Waals surface area contributed by atoms with Crippen LogP contribution in [0.3, 0.4) is 0 Å². The van der Waals surface area contributed by atoms with Gasteiger partial charge >= 0.3 is 0 Å². The van der Waals surface area contributed by atoms with Gasteiger partial charge in [0.2, 0.25) is 0 Å². The Morgan fingerprint density at radius 1 is 0.362 bits per heavy atom. The van der Waals surface area contributed by atoms with Crippen LogP contribution in [0.4, 0.5) is 0 Å². The zero-order valence-corrected chi connectivity index (χ0v) is 31.0. The zero-order chi connectivity index (χ0) is 37.9. The zero-order valence-electron chi connectivity index (χ0n) is 31.0. The molecule has 58 heavy (non-hydrogen) atoms. The van der Waals surface area contributed by atoms with Crippen LogP contribution in [0.1, 0.15) is 0 Å². The minimum atomic E-state index is 0.578. The molecular weight excluding hydrogens is 709 g/mol. The molecule has 268 valence electrons. The lowest BCUT2D eigenvalue weighted by molar-refractivity contribution is 0.669. The molecule has 1 aliphatic carbocycles. The molecule has 3 heterocycles. The number of rotatable bonds is 4. The Hall–Kier alpha value is -7.89. The standard InChI is InChI=1S/C53H30N4O/c1-2-13-33(14-3-1)51-54-52(35-25-24-31-12-4-5-15-34(31)30-35)56-53(55-51)50-43(28-29-45-48(50)40-19-8-9-23-44(40)58-45)57-41-22-11-21-39-37-18-7-6-17-36(37)38-20-10-16-32-26-27-42(57)49(46(32)38)47(39)41/h1-30H. The van der Waals surface area contributed by atoms with Crippen LogP contribution in [0.25, 0.3) is 127 Å². The Morgan fingerprint density at radius 2 is 1.00 bits per heavy atom. The topological polar surface area (TPSA) is 56.7 Å². The number of benzene rings is 9. The minimum absolute atomic E-state index is 0.578. The first-order chi connectivity index (χ1) is 28.8. The average Bonchev–Trinajstić information content (AvgIpc) is 3.80. The molecule has 12 aromatic rings. The van der Waals surface area contributed by atoms with Crippen LogP contribution in [-0.4, -0.2) is 19.5 Å². The highest BCUT2D eigenvalue weighted by atomic mass is 16.3. The summed E-state index contributed by atoms with van der Waals surface area (Å²) in [7, 11) is 0. The smallest absolute Gasteiger partial charge is 0.166 e. The van der Waals surface area contributed by atoms with Crippen molar-refractivity contribution in [2.75, 3.05) is 0 Å². The van der Waals surface area contributed by atoms with Crippen LogP contribution >= 0.6 is 0 Å². The van der Waals surface area contributed by atoms with Gasteiger partial charge in [0, 0.05) is 32.7 Å². The van der Waals surface area contributed by atoms with E-state index in [9.17, 15) is 0 Å². The molecule has 0 amide bonds.